The first kappa shape index (κ1) is 30.4. The molecule has 43 heavy (non-hydrogen) atoms. The average molecular weight is 604 g/mol. The molecule has 10 nitrogen and oxygen atoms in total. The Balaban J connectivity index is 1.55. The Labute approximate surface area is 245 Å². The van der Waals surface area contributed by atoms with Crippen molar-refractivity contribution in [2.75, 3.05) is 54.9 Å². The zero-order valence-corrected chi connectivity index (χ0v) is 24.2. The molecule has 4 heterocycles. The number of amides is 1. The predicted molar refractivity (Wildman–Crippen MR) is 154 cm³/mol. The molecular formula is C29H33F4N7O3. The Kier molecular flexibility index (Phi) is 8.69. The second kappa shape index (κ2) is 12.3. The van der Waals surface area contributed by atoms with Gasteiger partial charge in [-0.3, -0.25) is 9.59 Å². The normalized spacial score (nSPS) is 21.4. The highest BCUT2D eigenvalue weighted by Gasteiger charge is 2.30. The van der Waals surface area contributed by atoms with Crippen molar-refractivity contribution in [3.05, 3.63) is 63.8 Å². The van der Waals surface area contributed by atoms with Crippen LogP contribution in [0.3, 0.4) is 0 Å². The molecule has 2 aromatic heterocycles. The van der Waals surface area contributed by atoms with Crippen molar-refractivity contribution in [3.63, 3.8) is 0 Å². The molecule has 0 aliphatic carbocycles. The van der Waals surface area contributed by atoms with Gasteiger partial charge in [-0.1, -0.05) is 0 Å². The van der Waals surface area contributed by atoms with Gasteiger partial charge in [0, 0.05) is 80.6 Å². The third kappa shape index (κ3) is 6.34. The fourth-order valence-corrected chi connectivity index (χ4v) is 5.51. The number of anilines is 3. The Morgan fingerprint density at radius 2 is 1.72 bits per heavy atom. The highest BCUT2D eigenvalue weighted by molar-refractivity contribution is 6.07. The maximum absolute atomic E-state index is 16.4. The summed E-state index contributed by atoms with van der Waals surface area (Å²) < 4.78 is 65.2. The quantitative estimate of drug-likeness (QED) is 0.407. The van der Waals surface area contributed by atoms with Gasteiger partial charge in [0.2, 0.25) is 11.5 Å². The minimum Gasteiger partial charge on any atom is -0.372 e. The van der Waals surface area contributed by atoms with Crippen LogP contribution in [0.25, 0.3) is 11.1 Å². The molecule has 230 valence electrons. The first-order valence-corrected chi connectivity index (χ1v) is 13.9. The zero-order valence-electron chi connectivity index (χ0n) is 24.2. The fraction of sp³-hybridized carbons (Fsp3) is 0.448. The molecule has 14 heteroatoms. The number of pyridine rings is 1. The van der Waals surface area contributed by atoms with E-state index in [1.54, 1.807) is 4.90 Å². The largest absolute Gasteiger partial charge is 0.372 e. The van der Waals surface area contributed by atoms with Crippen LogP contribution in [0.5, 0.6) is 0 Å². The number of hydrogen-bond acceptors (Lipinski definition) is 8. The van der Waals surface area contributed by atoms with Gasteiger partial charge in [0.1, 0.15) is 11.5 Å². The maximum Gasteiger partial charge on any atom is 0.264 e. The van der Waals surface area contributed by atoms with Crippen LogP contribution >= 0.6 is 0 Å². The molecule has 3 unspecified atom stereocenters. The van der Waals surface area contributed by atoms with Gasteiger partial charge in [-0.05, 0) is 27.8 Å². The van der Waals surface area contributed by atoms with Crippen molar-refractivity contribution >= 4 is 23.2 Å². The summed E-state index contributed by atoms with van der Waals surface area (Å²) in [5, 5.41) is 2.39. The molecule has 0 spiro atoms. The van der Waals surface area contributed by atoms with Gasteiger partial charge >= 0.3 is 0 Å². The highest BCUT2D eigenvalue weighted by Crippen LogP contribution is 2.39. The van der Waals surface area contributed by atoms with Gasteiger partial charge in [-0.15, -0.1) is 0 Å². The molecule has 2 N–H and O–H groups in total. The number of H-pyrrole nitrogens is 1. The molecular weight excluding hydrogens is 570 g/mol. The number of hydrogen-bond donors (Lipinski definition) is 2. The minimum atomic E-state index is -3.14. The number of aromatic nitrogens is 3. The lowest BCUT2D eigenvalue weighted by atomic mass is 10.0. The molecule has 1 aromatic carbocycles. The first-order valence-electron chi connectivity index (χ1n) is 13.9. The van der Waals surface area contributed by atoms with E-state index < -0.39 is 46.2 Å². The molecule has 1 amide bonds. The maximum atomic E-state index is 16.4. The Morgan fingerprint density at radius 3 is 2.35 bits per heavy atom. The van der Waals surface area contributed by atoms with E-state index in [-0.39, 0.29) is 35.2 Å². The molecule has 3 aromatic rings. The molecule has 3 atom stereocenters. The van der Waals surface area contributed by atoms with Crippen LogP contribution in [0, 0.1) is 11.6 Å². The summed E-state index contributed by atoms with van der Waals surface area (Å²) >= 11 is 0. The number of halogens is 4. The molecule has 2 aliphatic heterocycles. The summed E-state index contributed by atoms with van der Waals surface area (Å²) in [5.74, 6) is -2.73. The number of rotatable bonds is 6. The second-order valence-electron chi connectivity index (χ2n) is 11.1. The number of likely N-dealkylation sites (N-methyl/N-ethyl adjacent to an activating group) is 1. The Bertz CT molecular complexity index is 1540. The van der Waals surface area contributed by atoms with E-state index in [4.69, 9.17) is 4.74 Å². The van der Waals surface area contributed by atoms with Crippen LogP contribution in [0.1, 0.15) is 43.1 Å². The number of morpholine rings is 1. The number of piperazine rings is 1. The first-order chi connectivity index (χ1) is 20.4. The Morgan fingerprint density at radius 1 is 1.05 bits per heavy atom. The number of nitrogens with zero attached hydrogens (tertiary/aromatic N) is 5. The summed E-state index contributed by atoms with van der Waals surface area (Å²) in [7, 11) is 1.93. The SMILES string of the molecule is CC1CN(c2ncc(-c3c(F)cc(N4CCN(C)C(C)C4)c(NC(=O)c4c[nH]c(=O)cc4C(F)F)c3F)cn2)CC(C)O1. The standard InChI is InChI=1S/C29H33F4N7O3/c1-15-12-39(6-5-38(15)4)22-8-21(30)24(18-9-35-29(36-10-18)40-13-16(2)43-17(3)14-40)25(31)26(22)37-28(42)20-11-34-23(41)7-19(20)27(32)33/h7-11,15-17,27H,5-6,12-14H2,1-4H3,(H,34,41)(H,37,42). The van der Waals surface area contributed by atoms with Gasteiger partial charge in [0.15, 0.2) is 5.82 Å². The van der Waals surface area contributed by atoms with Crippen LogP contribution < -0.4 is 20.7 Å². The van der Waals surface area contributed by atoms with E-state index in [1.807, 2.05) is 32.7 Å². The lowest BCUT2D eigenvalue weighted by Crippen LogP contribution is -2.50. The third-order valence-corrected chi connectivity index (χ3v) is 7.80. The smallest absolute Gasteiger partial charge is 0.264 e. The molecule has 0 bridgehead atoms. The fourth-order valence-electron chi connectivity index (χ4n) is 5.51. The van der Waals surface area contributed by atoms with Gasteiger partial charge < -0.3 is 29.7 Å². The van der Waals surface area contributed by atoms with Crippen molar-refractivity contribution in [2.24, 2.45) is 0 Å². The van der Waals surface area contributed by atoms with E-state index in [9.17, 15) is 18.4 Å². The number of aromatic amines is 1. The van der Waals surface area contributed by atoms with Gasteiger partial charge in [0.05, 0.1) is 29.0 Å². The predicted octanol–water partition coefficient (Wildman–Crippen LogP) is 4.05. The van der Waals surface area contributed by atoms with E-state index in [0.717, 1.165) is 12.3 Å². The van der Waals surface area contributed by atoms with Crippen LogP contribution in [0.4, 0.5) is 34.9 Å². The average Bonchev–Trinajstić information content (AvgIpc) is 2.95. The van der Waals surface area contributed by atoms with Crippen LogP contribution in [-0.4, -0.2) is 83.8 Å². The van der Waals surface area contributed by atoms with Crippen LogP contribution in [0.15, 0.2) is 35.5 Å². The summed E-state index contributed by atoms with van der Waals surface area (Å²) in [5.41, 5.74) is -2.95. The number of nitrogens with one attached hydrogen (secondary N) is 2. The number of ether oxygens (including phenoxy) is 1. The summed E-state index contributed by atoms with van der Waals surface area (Å²) in [6.45, 7) is 8.29. The number of carbonyl (C=O) groups excluding carboxylic acids is 1. The van der Waals surface area contributed by atoms with E-state index >= 15 is 8.78 Å². The van der Waals surface area contributed by atoms with Gasteiger partial charge in [0.25, 0.3) is 12.3 Å². The summed E-state index contributed by atoms with van der Waals surface area (Å²) in [6, 6.07) is 1.76. The van der Waals surface area contributed by atoms with E-state index in [1.165, 1.54) is 12.4 Å². The Hall–Kier alpha value is -4.04. The van der Waals surface area contributed by atoms with Crippen molar-refractivity contribution < 1.29 is 27.1 Å². The molecule has 0 radical (unpaired) electrons. The van der Waals surface area contributed by atoms with Crippen molar-refractivity contribution in [2.45, 2.75) is 45.4 Å². The molecule has 2 saturated heterocycles. The lowest BCUT2D eigenvalue weighted by Gasteiger charge is -2.39. The third-order valence-electron chi connectivity index (χ3n) is 7.80. The molecule has 2 aliphatic rings. The molecule has 5 rings (SSSR count). The van der Waals surface area contributed by atoms with Crippen LogP contribution in [0.2, 0.25) is 0 Å². The molecule has 2 fully saturated rings. The topological polar surface area (TPSA) is 107 Å². The summed E-state index contributed by atoms with van der Waals surface area (Å²) in [4.78, 5) is 41.5. The van der Waals surface area contributed by atoms with Gasteiger partial charge in [-0.25, -0.2) is 27.5 Å². The van der Waals surface area contributed by atoms with Crippen molar-refractivity contribution in [1.29, 1.82) is 0 Å². The van der Waals surface area contributed by atoms with Crippen LogP contribution in [-0.2, 0) is 4.74 Å². The van der Waals surface area contributed by atoms with Gasteiger partial charge in [-0.2, -0.15) is 0 Å². The minimum absolute atomic E-state index is 0.0270. The zero-order chi connectivity index (χ0) is 31.0. The van der Waals surface area contributed by atoms with Crippen molar-refractivity contribution in [1.82, 2.24) is 19.9 Å². The van der Waals surface area contributed by atoms with E-state index in [0.29, 0.717) is 44.7 Å². The summed E-state index contributed by atoms with van der Waals surface area (Å²) in [6.07, 6.45) is 0.210. The highest BCUT2D eigenvalue weighted by atomic mass is 19.3. The number of benzene rings is 1. The molecule has 0 saturated carbocycles. The monoisotopic (exact) mass is 603 g/mol. The van der Waals surface area contributed by atoms with E-state index in [2.05, 4.69) is 25.2 Å². The number of alkyl halides is 2. The number of carbonyl (C=O) groups is 1. The second-order valence-corrected chi connectivity index (χ2v) is 11.1. The van der Waals surface area contributed by atoms with Crippen molar-refractivity contribution in [3.8, 4) is 11.1 Å². The lowest BCUT2D eigenvalue weighted by molar-refractivity contribution is -0.00572.